The van der Waals surface area contributed by atoms with Crippen LogP contribution in [-0.4, -0.2) is 19.1 Å². The maximum atomic E-state index is 12.3. The Balaban J connectivity index is 2.07. The standard InChI is InChI=1S/C19H24N2O3/c1-3-23-15-10-11-18(24-4-2)17(12-15)21-19(22)13-16(20)14-8-6-5-7-9-14/h5-12,16H,3-4,13,20H2,1-2H3,(H,21,22). The van der Waals surface area contributed by atoms with E-state index in [1.807, 2.05) is 50.2 Å². The monoisotopic (exact) mass is 328 g/mol. The molecule has 0 aliphatic heterocycles. The van der Waals surface area contributed by atoms with Crippen LogP contribution in [0.5, 0.6) is 11.5 Å². The lowest BCUT2D eigenvalue weighted by molar-refractivity contribution is -0.116. The molecule has 0 aliphatic carbocycles. The average molecular weight is 328 g/mol. The van der Waals surface area contributed by atoms with Gasteiger partial charge in [-0.1, -0.05) is 30.3 Å². The smallest absolute Gasteiger partial charge is 0.226 e. The molecular weight excluding hydrogens is 304 g/mol. The van der Waals surface area contributed by atoms with Gasteiger partial charge in [0.1, 0.15) is 11.5 Å². The molecule has 1 unspecified atom stereocenters. The Bertz CT molecular complexity index is 659. The van der Waals surface area contributed by atoms with Crippen LogP contribution in [0.15, 0.2) is 48.5 Å². The normalized spacial score (nSPS) is 11.6. The molecule has 2 aromatic carbocycles. The quantitative estimate of drug-likeness (QED) is 0.777. The summed E-state index contributed by atoms with van der Waals surface area (Å²) in [6, 6.07) is 14.6. The molecule has 128 valence electrons. The minimum Gasteiger partial charge on any atom is -0.494 e. The number of anilines is 1. The Morgan fingerprint density at radius 2 is 1.79 bits per heavy atom. The van der Waals surface area contributed by atoms with Gasteiger partial charge in [-0.2, -0.15) is 0 Å². The minimum atomic E-state index is -0.350. The van der Waals surface area contributed by atoms with Gasteiger partial charge >= 0.3 is 0 Å². The van der Waals surface area contributed by atoms with Crippen LogP contribution in [0.3, 0.4) is 0 Å². The van der Waals surface area contributed by atoms with Gasteiger partial charge in [0.25, 0.3) is 0 Å². The van der Waals surface area contributed by atoms with Gasteiger partial charge in [0.2, 0.25) is 5.91 Å². The van der Waals surface area contributed by atoms with Gasteiger partial charge in [0.05, 0.1) is 18.9 Å². The lowest BCUT2D eigenvalue weighted by atomic mass is 10.0. The van der Waals surface area contributed by atoms with E-state index < -0.39 is 0 Å². The van der Waals surface area contributed by atoms with Crippen LogP contribution in [0.25, 0.3) is 0 Å². The molecule has 5 nitrogen and oxygen atoms in total. The first-order chi connectivity index (χ1) is 11.6. The average Bonchev–Trinajstić information content (AvgIpc) is 2.58. The molecule has 5 heteroatoms. The van der Waals surface area contributed by atoms with E-state index in [-0.39, 0.29) is 18.4 Å². The molecular formula is C19H24N2O3. The summed E-state index contributed by atoms with van der Waals surface area (Å²) in [7, 11) is 0. The van der Waals surface area contributed by atoms with Crippen molar-refractivity contribution in [2.75, 3.05) is 18.5 Å². The molecule has 0 fully saturated rings. The highest BCUT2D eigenvalue weighted by molar-refractivity contribution is 5.93. The number of carbonyl (C=O) groups is 1. The van der Waals surface area contributed by atoms with Crippen LogP contribution in [-0.2, 0) is 4.79 Å². The van der Waals surface area contributed by atoms with E-state index in [0.29, 0.717) is 30.4 Å². The molecule has 1 amide bonds. The second-order valence-electron chi connectivity index (χ2n) is 5.29. The molecule has 2 aromatic rings. The number of hydrogen-bond donors (Lipinski definition) is 2. The highest BCUT2D eigenvalue weighted by Crippen LogP contribution is 2.30. The number of hydrogen-bond acceptors (Lipinski definition) is 4. The third kappa shape index (κ3) is 4.99. The van der Waals surface area contributed by atoms with Crippen molar-refractivity contribution in [1.82, 2.24) is 0 Å². The van der Waals surface area contributed by atoms with Gasteiger partial charge in [0.15, 0.2) is 0 Å². The van der Waals surface area contributed by atoms with Crippen LogP contribution in [0, 0.1) is 0 Å². The van der Waals surface area contributed by atoms with E-state index >= 15 is 0 Å². The number of ether oxygens (including phenoxy) is 2. The van der Waals surface area contributed by atoms with Gasteiger partial charge < -0.3 is 20.5 Å². The molecule has 0 radical (unpaired) electrons. The van der Waals surface area contributed by atoms with Crippen molar-refractivity contribution >= 4 is 11.6 Å². The molecule has 0 spiro atoms. The molecule has 2 rings (SSSR count). The summed E-state index contributed by atoms with van der Waals surface area (Å²) < 4.78 is 11.0. The van der Waals surface area contributed by atoms with E-state index in [2.05, 4.69) is 5.32 Å². The molecule has 24 heavy (non-hydrogen) atoms. The SMILES string of the molecule is CCOc1ccc(OCC)c(NC(=O)CC(N)c2ccccc2)c1. The number of carbonyl (C=O) groups excluding carboxylic acids is 1. The van der Waals surface area contributed by atoms with E-state index in [1.165, 1.54) is 0 Å². The van der Waals surface area contributed by atoms with Crippen molar-refractivity contribution in [3.63, 3.8) is 0 Å². The van der Waals surface area contributed by atoms with E-state index in [0.717, 1.165) is 5.56 Å². The molecule has 0 bridgehead atoms. The maximum absolute atomic E-state index is 12.3. The van der Waals surface area contributed by atoms with Crippen molar-refractivity contribution < 1.29 is 14.3 Å². The molecule has 0 saturated heterocycles. The second-order valence-corrected chi connectivity index (χ2v) is 5.29. The van der Waals surface area contributed by atoms with Crippen LogP contribution >= 0.6 is 0 Å². The zero-order valence-corrected chi connectivity index (χ0v) is 14.1. The molecule has 1 atom stereocenters. The minimum absolute atomic E-state index is 0.166. The Hall–Kier alpha value is -2.53. The van der Waals surface area contributed by atoms with Crippen molar-refractivity contribution in [2.24, 2.45) is 5.73 Å². The number of benzene rings is 2. The summed E-state index contributed by atoms with van der Waals surface area (Å²) >= 11 is 0. The largest absolute Gasteiger partial charge is 0.494 e. The predicted molar refractivity (Wildman–Crippen MR) is 95.4 cm³/mol. The highest BCUT2D eigenvalue weighted by Gasteiger charge is 2.14. The van der Waals surface area contributed by atoms with Gasteiger partial charge in [-0.15, -0.1) is 0 Å². The van der Waals surface area contributed by atoms with Crippen molar-refractivity contribution in [2.45, 2.75) is 26.3 Å². The molecule has 0 aromatic heterocycles. The maximum Gasteiger partial charge on any atom is 0.226 e. The zero-order valence-electron chi connectivity index (χ0n) is 14.1. The van der Waals surface area contributed by atoms with E-state index in [4.69, 9.17) is 15.2 Å². The molecule has 0 saturated carbocycles. The topological polar surface area (TPSA) is 73.6 Å². The van der Waals surface area contributed by atoms with Gasteiger partial charge in [-0.05, 0) is 31.5 Å². The van der Waals surface area contributed by atoms with Crippen molar-refractivity contribution in [3.05, 3.63) is 54.1 Å². The fourth-order valence-electron chi connectivity index (χ4n) is 2.36. The van der Waals surface area contributed by atoms with Crippen LogP contribution in [0.4, 0.5) is 5.69 Å². The summed E-state index contributed by atoms with van der Waals surface area (Å²) in [6.45, 7) is 4.88. The summed E-state index contributed by atoms with van der Waals surface area (Å²) in [4.78, 5) is 12.3. The number of nitrogens with one attached hydrogen (secondary N) is 1. The summed E-state index contributed by atoms with van der Waals surface area (Å²) in [5, 5.41) is 2.87. The van der Waals surface area contributed by atoms with Crippen LogP contribution < -0.4 is 20.5 Å². The molecule has 3 N–H and O–H groups in total. The molecule has 0 heterocycles. The Kier molecular flexibility index (Phi) is 6.63. The number of rotatable bonds is 8. The van der Waals surface area contributed by atoms with Gasteiger partial charge in [-0.3, -0.25) is 4.79 Å². The first-order valence-corrected chi connectivity index (χ1v) is 8.14. The first kappa shape index (κ1) is 17.8. The summed E-state index contributed by atoms with van der Waals surface area (Å²) in [5.41, 5.74) is 7.63. The first-order valence-electron chi connectivity index (χ1n) is 8.14. The van der Waals surface area contributed by atoms with E-state index in [1.54, 1.807) is 12.1 Å². The summed E-state index contributed by atoms with van der Waals surface area (Å²) in [5.74, 6) is 1.13. The fourth-order valence-corrected chi connectivity index (χ4v) is 2.36. The lowest BCUT2D eigenvalue weighted by Gasteiger charge is -2.15. The van der Waals surface area contributed by atoms with Gasteiger partial charge in [-0.25, -0.2) is 0 Å². The highest BCUT2D eigenvalue weighted by atomic mass is 16.5. The van der Waals surface area contributed by atoms with Gasteiger partial charge in [0, 0.05) is 18.5 Å². The van der Waals surface area contributed by atoms with Crippen molar-refractivity contribution in [1.29, 1.82) is 0 Å². The third-order valence-electron chi connectivity index (χ3n) is 3.47. The van der Waals surface area contributed by atoms with Crippen LogP contribution in [0.2, 0.25) is 0 Å². The lowest BCUT2D eigenvalue weighted by Crippen LogP contribution is -2.21. The number of amides is 1. The Labute approximate surface area is 142 Å². The fraction of sp³-hybridized carbons (Fsp3) is 0.316. The predicted octanol–water partition coefficient (Wildman–Crippen LogP) is 3.51. The third-order valence-corrected chi connectivity index (χ3v) is 3.47. The van der Waals surface area contributed by atoms with Crippen LogP contribution in [0.1, 0.15) is 31.9 Å². The number of nitrogens with two attached hydrogens (primary N) is 1. The Morgan fingerprint density at radius 3 is 2.46 bits per heavy atom. The zero-order chi connectivity index (χ0) is 17.4. The Morgan fingerprint density at radius 1 is 1.08 bits per heavy atom. The second kappa shape index (κ2) is 8.93. The summed E-state index contributed by atoms with van der Waals surface area (Å²) in [6.07, 6.45) is 0.189. The molecule has 0 aliphatic rings. The van der Waals surface area contributed by atoms with E-state index in [9.17, 15) is 4.79 Å². The van der Waals surface area contributed by atoms with Crippen molar-refractivity contribution in [3.8, 4) is 11.5 Å².